The molecule has 2 aromatic carbocycles. The topological polar surface area (TPSA) is 76.1 Å². The molecule has 1 atom stereocenters. The Balaban J connectivity index is 1.97. The summed E-state index contributed by atoms with van der Waals surface area (Å²) in [5.41, 5.74) is 1.23. The molecule has 136 valence electrons. The third kappa shape index (κ3) is 3.08. The summed E-state index contributed by atoms with van der Waals surface area (Å²) in [6.07, 6.45) is 0. The average molecular weight is 359 g/mol. The summed E-state index contributed by atoms with van der Waals surface area (Å²) >= 11 is 0. The first-order chi connectivity index (χ1) is 12.5. The Labute approximate surface area is 149 Å². The van der Waals surface area contributed by atoms with Gasteiger partial charge in [-0.2, -0.15) is 0 Å². The Hall–Kier alpha value is -3.09. The largest absolute Gasteiger partial charge is 0.493 e. The molecule has 6 nitrogen and oxygen atoms in total. The minimum atomic E-state index is -1.03. The summed E-state index contributed by atoms with van der Waals surface area (Å²) in [5, 5.41) is 9.51. The van der Waals surface area contributed by atoms with Crippen molar-refractivity contribution in [2.24, 2.45) is 0 Å². The van der Waals surface area contributed by atoms with Crippen LogP contribution < -0.4 is 9.47 Å². The standard InChI is InChI=1S/C19H18FNO5/c1-25-16-7-13(15(20)8-17(16)26-2)18(22)21-9-11-5-3-4-6-12(11)14(10-21)19(23)24/h3-8,14H,9-10H2,1-2H3,(H,23,24). The van der Waals surface area contributed by atoms with E-state index in [1.54, 1.807) is 24.3 Å². The molecule has 0 fully saturated rings. The molecule has 26 heavy (non-hydrogen) atoms. The summed E-state index contributed by atoms with van der Waals surface area (Å²) in [4.78, 5) is 25.8. The zero-order chi connectivity index (χ0) is 18.8. The molecular formula is C19H18FNO5. The van der Waals surface area contributed by atoms with Crippen molar-refractivity contribution >= 4 is 11.9 Å². The molecule has 1 unspecified atom stereocenters. The molecule has 1 amide bonds. The molecule has 0 aromatic heterocycles. The van der Waals surface area contributed by atoms with Gasteiger partial charge in [0, 0.05) is 19.2 Å². The van der Waals surface area contributed by atoms with Crippen molar-refractivity contribution in [1.82, 2.24) is 4.90 Å². The Morgan fingerprint density at radius 1 is 1.15 bits per heavy atom. The summed E-state index contributed by atoms with van der Waals surface area (Å²) < 4.78 is 24.6. The number of carboxylic acid groups (broad SMARTS) is 1. The van der Waals surface area contributed by atoms with Gasteiger partial charge in [0.1, 0.15) is 5.82 Å². The first kappa shape index (κ1) is 17.7. The molecule has 0 aliphatic carbocycles. The predicted molar refractivity (Wildman–Crippen MR) is 91.1 cm³/mol. The SMILES string of the molecule is COc1cc(F)c(C(=O)N2Cc3ccccc3C(C(=O)O)C2)cc1OC. The van der Waals surface area contributed by atoms with E-state index in [-0.39, 0.29) is 30.2 Å². The molecule has 7 heteroatoms. The fourth-order valence-electron chi connectivity index (χ4n) is 3.16. The Kier molecular flexibility index (Phi) is 4.79. The van der Waals surface area contributed by atoms with Crippen LogP contribution in [0.5, 0.6) is 11.5 Å². The van der Waals surface area contributed by atoms with Crippen LogP contribution in [0.3, 0.4) is 0 Å². The normalized spacial score (nSPS) is 16.0. The van der Waals surface area contributed by atoms with Crippen molar-refractivity contribution in [3.63, 3.8) is 0 Å². The number of halogens is 1. The number of methoxy groups -OCH3 is 2. The highest BCUT2D eigenvalue weighted by Crippen LogP contribution is 2.33. The van der Waals surface area contributed by atoms with Crippen LogP contribution in [-0.2, 0) is 11.3 Å². The maximum absolute atomic E-state index is 14.4. The zero-order valence-corrected chi connectivity index (χ0v) is 14.4. The van der Waals surface area contributed by atoms with E-state index in [2.05, 4.69) is 0 Å². The number of hydrogen-bond donors (Lipinski definition) is 1. The maximum atomic E-state index is 14.4. The molecule has 0 saturated carbocycles. The minimum Gasteiger partial charge on any atom is -0.493 e. The van der Waals surface area contributed by atoms with Gasteiger partial charge in [-0.05, 0) is 17.2 Å². The number of aliphatic carboxylic acids is 1. The smallest absolute Gasteiger partial charge is 0.312 e. The lowest BCUT2D eigenvalue weighted by Crippen LogP contribution is -2.40. The van der Waals surface area contributed by atoms with Crippen LogP contribution in [0.1, 0.15) is 27.4 Å². The third-order valence-electron chi connectivity index (χ3n) is 4.48. The average Bonchev–Trinajstić information content (AvgIpc) is 2.66. The van der Waals surface area contributed by atoms with Crippen LogP contribution in [0, 0.1) is 5.82 Å². The highest BCUT2D eigenvalue weighted by Gasteiger charge is 2.33. The number of carbonyl (C=O) groups excluding carboxylic acids is 1. The summed E-state index contributed by atoms with van der Waals surface area (Å²) in [6.45, 7) is 0.186. The van der Waals surface area contributed by atoms with E-state index in [1.165, 1.54) is 25.2 Å². The molecule has 1 heterocycles. The second-order valence-corrected chi connectivity index (χ2v) is 5.96. The summed E-state index contributed by atoms with van der Waals surface area (Å²) in [7, 11) is 2.76. The lowest BCUT2D eigenvalue weighted by atomic mass is 9.89. The number of amides is 1. The van der Waals surface area contributed by atoms with E-state index in [0.29, 0.717) is 5.56 Å². The number of fused-ring (bicyclic) bond motifs is 1. The first-order valence-electron chi connectivity index (χ1n) is 7.97. The molecule has 0 saturated heterocycles. The van der Waals surface area contributed by atoms with Gasteiger partial charge in [0.25, 0.3) is 5.91 Å². The fourth-order valence-corrected chi connectivity index (χ4v) is 3.16. The second kappa shape index (κ2) is 7.03. The van der Waals surface area contributed by atoms with Gasteiger partial charge in [0.15, 0.2) is 11.5 Å². The van der Waals surface area contributed by atoms with E-state index >= 15 is 0 Å². The van der Waals surface area contributed by atoms with Crippen molar-refractivity contribution in [3.8, 4) is 11.5 Å². The Morgan fingerprint density at radius 3 is 2.46 bits per heavy atom. The van der Waals surface area contributed by atoms with Crippen LogP contribution in [0.15, 0.2) is 36.4 Å². The van der Waals surface area contributed by atoms with E-state index in [0.717, 1.165) is 11.6 Å². The number of nitrogens with zero attached hydrogens (tertiary/aromatic N) is 1. The molecular weight excluding hydrogens is 341 g/mol. The van der Waals surface area contributed by atoms with E-state index in [4.69, 9.17) is 9.47 Å². The van der Waals surface area contributed by atoms with Crippen molar-refractivity contribution in [2.75, 3.05) is 20.8 Å². The monoisotopic (exact) mass is 359 g/mol. The highest BCUT2D eigenvalue weighted by molar-refractivity contribution is 5.96. The van der Waals surface area contributed by atoms with Crippen LogP contribution in [0.25, 0.3) is 0 Å². The molecule has 0 radical (unpaired) electrons. The van der Waals surface area contributed by atoms with Gasteiger partial charge in [-0.3, -0.25) is 9.59 Å². The van der Waals surface area contributed by atoms with Crippen LogP contribution in [-0.4, -0.2) is 42.6 Å². The fraction of sp³-hybridized carbons (Fsp3) is 0.263. The molecule has 2 aromatic rings. The van der Waals surface area contributed by atoms with Crippen molar-refractivity contribution < 1.29 is 28.6 Å². The predicted octanol–water partition coefficient (Wildman–Crippen LogP) is 2.67. The highest BCUT2D eigenvalue weighted by atomic mass is 19.1. The molecule has 1 N–H and O–H groups in total. The van der Waals surface area contributed by atoms with Crippen LogP contribution >= 0.6 is 0 Å². The molecule has 1 aliphatic rings. The number of carbonyl (C=O) groups is 2. The van der Waals surface area contributed by atoms with Gasteiger partial charge in [0.2, 0.25) is 0 Å². The second-order valence-electron chi connectivity index (χ2n) is 5.96. The van der Waals surface area contributed by atoms with Gasteiger partial charge in [-0.15, -0.1) is 0 Å². The van der Waals surface area contributed by atoms with E-state index in [9.17, 15) is 19.1 Å². The number of benzene rings is 2. The van der Waals surface area contributed by atoms with Gasteiger partial charge in [0.05, 0.1) is 25.7 Å². The molecule has 1 aliphatic heterocycles. The van der Waals surface area contributed by atoms with Crippen molar-refractivity contribution in [2.45, 2.75) is 12.5 Å². The Morgan fingerprint density at radius 2 is 1.81 bits per heavy atom. The van der Waals surface area contributed by atoms with Gasteiger partial charge < -0.3 is 19.5 Å². The van der Waals surface area contributed by atoms with E-state index in [1.807, 2.05) is 0 Å². The number of ether oxygens (including phenoxy) is 2. The van der Waals surface area contributed by atoms with Gasteiger partial charge in [-0.25, -0.2) is 4.39 Å². The minimum absolute atomic E-state index is 0.0288. The quantitative estimate of drug-likeness (QED) is 0.908. The molecule has 0 bridgehead atoms. The summed E-state index contributed by atoms with van der Waals surface area (Å²) in [5.74, 6) is -2.82. The first-order valence-corrected chi connectivity index (χ1v) is 7.97. The third-order valence-corrected chi connectivity index (χ3v) is 4.48. The van der Waals surface area contributed by atoms with Gasteiger partial charge in [-0.1, -0.05) is 24.3 Å². The molecule has 3 rings (SSSR count). The van der Waals surface area contributed by atoms with Crippen molar-refractivity contribution in [3.05, 3.63) is 58.9 Å². The Bertz CT molecular complexity index is 867. The molecule has 0 spiro atoms. The number of carboxylic acids is 1. The number of hydrogen-bond acceptors (Lipinski definition) is 4. The van der Waals surface area contributed by atoms with Crippen LogP contribution in [0.4, 0.5) is 4.39 Å². The maximum Gasteiger partial charge on any atom is 0.312 e. The van der Waals surface area contributed by atoms with Gasteiger partial charge >= 0.3 is 5.97 Å². The zero-order valence-electron chi connectivity index (χ0n) is 14.4. The lowest BCUT2D eigenvalue weighted by molar-refractivity contribution is -0.139. The van der Waals surface area contributed by atoms with Crippen molar-refractivity contribution in [1.29, 1.82) is 0 Å². The summed E-state index contributed by atoms with van der Waals surface area (Å²) in [6, 6.07) is 9.41. The van der Waals surface area contributed by atoms with Crippen LogP contribution in [0.2, 0.25) is 0 Å². The lowest BCUT2D eigenvalue weighted by Gasteiger charge is -2.33. The van der Waals surface area contributed by atoms with E-state index < -0.39 is 23.6 Å². The number of rotatable bonds is 4.